The topological polar surface area (TPSA) is 93.6 Å². The number of ether oxygens (including phenoxy) is 2. The number of carboxylic acids is 1. The summed E-state index contributed by atoms with van der Waals surface area (Å²) in [6.07, 6.45) is 1.95. The Labute approximate surface area is 196 Å². The molecular weight excluding hydrogens is 437 g/mol. The van der Waals surface area contributed by atoms with E-state index in [4.69, 9.17) is 14.6 Å². The van der Waals surface area contributed by atoms with Gasteiger partial charge in [-0.15, -0.1) is 0 Å². The molecule has 0 unspecified atom stereocenters. The molecule has 4 rings (SSSR count). The lowest BCUT2D eigenvalue weighted by atomic mass is 10.0. The predicted molar refractivity (Wildman–Crippen MR) is 128 cm³/mol. The molecule has 0 aliphatic heterocycles. The van der Waals surface area contributed by atoms with Crippen LogP contribution in [0.15, 0.2) is 67.0 Å². The zero-order chi connectivity index (χ0) is 23.9. The van der Waals surface area contributed by atoms with E-state index < -0.39 is 12.6 Å². The highest BCUT2D eigenvalue weighted by Gasteiger charge is 2.12. The van der Waals surface area contributed by atoms with Gasteiger partial charge in [-0.2, -0.15) is 0 Å². The van der Waals surface area contributed by atoms with E-state index in [9.17, 15) is 9.18 Å². The molecule has 2 N–H and O–H groups in total. The maximum atomic E-state index is 14.5. The van der Waals surface area contributed by atoms with Gasteiger partial charge in [-0.05, 0) is 53.9 Å². The van der Waals surface area contributed by atoms with Gasteiger partial charge in [0.2, 0.25) is 0 Å². The van der Waals surface area contributed by atoms with Gasteiger partial charge in [0.1, 0.15) is 18.0 Å². The number of hydrogen-bond donors (Lipinski definition) is 2. The van der Waals surface area contributed by atoms with Gasteiger partial charge in [0, 0.05) is 18.2 Å². The number of carbonyl (C=O) groups is 1. The van der Waals surface area contributed by atoms with E-state index >= 15 is 0 Å². The molecule has 0 bridgehead atoms. The van der Waals surface area contributed by atoms with Crippen LogP contribution in [-0.2, 0) is 11.2 Å². The third kappa shape index (κ3) is 5.40. The number of nitrogens with zero attached hydrogens (tertiary/aromatic N) is 2. The van der Waals surface area contributed by atoms with E-state index in [1.807, 2.05) is 31.2 Å². The zero-order valence-corrected chi connectivity index (χ0v) is 18.6. The average molecular weight is 461 g/mol. The molecule has 7 nitrogen and oxygen atoms in total. The van der Waals surface area contributed by atoms with Gasteiger partial charge in [-0.3, -0.25) is 0 Å². The fourth-order valence-electron chi connectivity index (χ4n) is 3.69. The van der Waals surface area contributed by atoms with Crippen molar-refractivity contribution in [2.24, 2.45) is 0 Å². The number of benzene rings is 3. The Morgan fingerprint density at radius 2 is 1.88 bits per heavy atom. The molecule has 0 atom stereocenters. The molecule has 4 aromatic rings. The Kier molecular flexibility index (Phi) is 7.17. The van der Waals surface area contributed by atoms with E-state index in [1.165, 1.54) is 12.4 Å². The van der Waals surface area contributed by atoms with E-state index in [-0.39, 0.29) is 5.82 Å². The first kappa shape index (κ1) is 23.0. The van der Waals surface area contributed by atoms with Crippen molar-refractivity contribution in [3.05, 3.63) is 78.4 Å². The van der Waals surface area contributed by atoms with Gasteiger partial charge in [-0.25, -0.2) is 19.2 Å². The molecule has 0 radical (unpaired) electrons. The van der Waals surface area contributed by atoms with Crippen molar-refractivity contribution in [1.29, 1.82) is 0 Å². The third-order valence-electron chi connectivity index (χ3n) is 5.22. The Hall–Kier alpha value is -4.20. The minimum Gasteiger partial charge on any atom is -0.490 e. The summed E-state index contributed by atoms with van der Waals surface area (Å²) in [6, 6.07) is 18.0. The summed E-state index contributed by atoms with van der Waals surface area (Å²) >= 11 is 0. The number of rotatable bonds is 10. The van der Waals surface area contributed by atoms with Crippen LogP contribution in [0.3, 0.4) is 0 Å². The smallest absolute Gasteiger partial charge is 0.341 e. The van der Waals surface area contributed by atoms with E-state index in [2.05, 4.69) is 15.3 Å². The first-order valence-corrected chi connectivity index (χ1v) is 10.9. The van der Waals surface area contributed by atoms with Gasteiger partial charge >= 0.3 is 5.97 Å². The SMILES string of the molecule is CCOc1cc(-c2cc(NCCc3c(F)ccc4ccccc34)ncn2)ccc1OCC(=O)O. The summed E-state index contributed by atoms with van der Waals surface area (Å²) in [5, 5.41) is 14.0. The lowest BCUT2D eigenvalue weighted by molar-refractivity contribution is -0.139. The highest BCUT2D eigenvalue weighted by molar-refractivity contribution is 5.86. The summed E-state index contributed by atoms with van der Waals surface area (Å²) in [6.45, 7) is 2.26. The van der Waals surface area contributed by atoms with Gasteiger partial charge in [0.15, 0.2) is 18.1 Å². The standard InChI is InChI=1S/C26H24FN3O4/c1-2-33-24-13-18(8-10-23(24)34-15-26(31)32)22-14-25(30-16-29-22)28-12-11-20-19-6-4-3-5-17(19)7-9-21(20)27/h3-10,13-14,16H,2,11-12,15H2,1H3,(H,31,32)(H,28,29,30). The maximum absolute atomic E-state index is 14.5. The lowest BCUT2D eigenvalue weighted by Gasteiger charge is -2.13. The van der Waals surface area contributed by atoms with Crippen molar-refractivity contribution in [3.63, 3.8) is 0 Å². The monoisotopic (exact) mass is 461 g/mol. The molecule has 0 aliphatic rings. The van der Waals surface area contributed by atoms with Crippen LogP contribution >= 0.6 is 0 Å². The van der Waals surface area contributed by atoms with Crippen molar-refractivity contribution >= 4 is 22.6 Å². The Morgan fingerprint density at radius 3 is 2.71 bits per heavy atom. The van der Waals surface area contributed by atoms with E-state index in [0.29, 0.717) is 48.1 Å². The van der Waals surface area contributed by atoms with Crippen molar-refractivity contribution in [3.8, 4) is 22.8 Å². The quantitative estimate of drug-likeness (QED) is 0.345. The van der Waals surface area contributed by atoms with Crippen LogP contribution in [0.25, 0.3) is 22.0 Å². The summed E-state index contributed by atoms with van der Waals surface area (Å²) in [4.78, 5) is 19.4. The number of anilines is 1. The predicted octanol–water partition coefficient (Wildman–Crippen LogP) is 4.95. The fraction of sp³-hybridized carbons (Fsp3) is 0.192. The maximum Gasteiger partial charge on any atom is 0.341 e. The third-order valence-corrected chi connectivity index (χ3v) is 5.22. The molecule has 0 saturated heterocycles. The second kappa shape index (κ2) is 10.6. The number of hydrogen-bond acceptors (Lipinski definition) is 6. The van der Waals surface area contributed by atoms with Crippen molar-refractivity contribution in [2.45, 2.75) is 13.3 Å². The lowest BCUT2D eigenvalue weighted by Crippen LogP contribution is -2.10. The van der Waals surface area contributed by atoms with Crippen molar-refractivity contribution < 1.29 is 23.8 Å². The highest BCUT2D eigenvalue weighted by atomic mass is 19.1. The Balaban J connectivity index is 1.49. The second-order valence-corrected chi connectivity index (χ2v) is 7.49. The first-order chi connectivity index (χ1) is 16.5. The fourth-order valence-corrected chi connectivity index (χ4v) is 3.69. The largest absolute Gasteiger partial charge is 0.490 e. The van der Waals surface area contributed by atoms with Crippen LogP contribution in [0.4, 0.5) is 10.2 Å². The van der Waals surface area contributed by atoms with Gasteiger partial charge < -0.3 is 19.9 Å². The molecule has 0 saturated carbocycles. The molecule has 0 amide bonds. The molecule has 0 fully saturated rings. The van der Waals surface area contributed by atoms with E-state index in [1.54, 1.807) is 30.3 Å². The number of nitrogens with one attached hydrogen (secondary N) is 1. The highest BCUT2D eigenvalue weighted by Crippen LogP contribution is 2.32. The van der Waals surface area contributed by atoms with Crippen LogP contribution in [0.5, 0.6) is 11.5 Å². The van der Waals surface area contributed by atoms with Crippen LogP contribution in [-0.4, -0.2) is 40.8 Å². The Morgan fingerprint density at radius 1 is 1.03 bits per heavy atom. The zero-order valence-electron chi connectivity index (χ0n) is 18.6. The number of aliphatic carboxylic acids is 1. The minimum atomic E-state index is -1.07. The molecule has 0 spiro atoms. The molecule has 3 aromatic carbocycles. The summed E-state index contributed by atoms with van der Waals surface area (Å²) in [5.41, 5.74) is 2.08. The first-order valence-electron chi connectivity index (χ1n) is 10.9. The molecule has 8 heteroatoms. The van der Waals surface area contributed by atoms with Crippen LogP contribution < -0.4 is 14.8 Å². The number of aromatic nitrogens is 2. The summed E-state index contributed by atoms with van der Waals surface area (Å²) < 4.78 is 25.4. The number of carboxylic acid groups (broad SMARTS) is 1. The summed E-state index contributed by atoms with van der Waals surface area (Å²) in [5.74, 6) is 0.0899. The number of fused-ring (bicyclic) bond motifs is 1. The molecule has 1 heterocycles. The molecular formula is C26H24FN3O4. The Bertz CT molecular complexity index is 1310. The number of halogens is 1. The average Bonchev–Trinajstić information content (AvgIpc) is 2.85. The molecule has 1 aromatic heterocycles. The van der Waals surface area contributed by atoms with E-state index in [0.717, 1.165) is 16.3 Å². The molecule has 0 aliphatic carbocycles. The van der Waals surface area contributed by atoms with Gasteiger partial charge in [-0.1, -0.05) is 30.3 Å². The minimum absolute atomic E-state index is 0.225. The normalized spacial score (nSPS) is 10.8. The van der Waals surface area contributed by atoms with Crippen molar-refractivity contribution in [2.75, 3.05) is 25.1 Å². The van der Waals surface area contributed by atoms with Crippen LogP contribution in [0.2, 0.25) is 0 Å². The van der Waals surface area contributed by atoms with Crippen LogP contribution in [0, 0.1) is 5.82 Å². The van der Waals surface area contributed by atoms with Crippen molar-refractivity contribution in [1.82, 2.24) is 9.97 Å². The van der Waals surface area contributed by atoms with Gasteiger partial charge in [0.25, 0.3) is 0 Å². The summed E-state index contributed by atoms with van der Waals surface area (Å²) in [7, 11) is 0. The van der Waals surface area contributed by atoms with Crippen LogP contribution in [0.1, 0.15) is 12.5 Å². The second-order valence-electron chi connectivity index (χ2n) is 7.49. The molecule has 34 heavy (non-hydrogen) atoms. The molecule has 174 valence electrons. The van der Waals surface area contributed by atoms with Gasteiger partial charge in [0.05, 0.1) is 12.3 Å².